The molecule has 5 rings (SSSR count). The first-order valence-electron chi connectivity index (χ1n) is 13.5. The summed E-state index contributed by atoms with van der Waals surface area (Å²) >= 11 is 7.67. The maximum atomic E-state index is 12.7. The van der Waals surface area contributed by atoms with Crippen LogP contribution in [-0.2, 0) is 4.79 Å². The molecule has 0 bridgehead atoms. The number of methoxy groups -OCH3 is 1. The van der Waals surface area contributed by atoms with Crippen molar-refractivity contribution >= 4 is 57.5 Å². The van der Waals surface area contributed by atoms with Gasteiger partial charge in [0.05, 0.1) is 24.7 Å². The van der Waals surface area contributed by atoms with Gasteiger partial charge in [0, 0.05) is 32.8 Å². The van der Waals surface area contributed by atoms with Crippen molar-refractivity contribution in [3.8, 4) is 22.8 Å². The average molecular weight is 626 g/mol. The highest BCUT2D eigenvalue weighted by Gasteiger charge is 2.11. The fraction of sp³-hybridized carbons (Fsp3) is 0.0909. The topological polar surface area (TPSA) is 114 Å². The first-order chi connectivity index (χ1) is 21.4. The van der Waals surface area contributed by atoms with Gasteiger partial charge < -0.3 is 20.1 Å². The SMILES string of the molecule is COc1ccccc1NC(=O)COc1ccc(Cl)cc1/C=N/NC(=O)c1ccc(-c2csc(Nc3ccc(C)cc3)n2)cc1. The molecule has 0 aliphatic rings. The second-order valence-electron chi connectivity index (χ2n) is 9.52. The van der Waals surface area contributed by atoms with Crippen molar-refractivity contribution < 1.29 is 19.1 Å². The number of benzene rings is 4. The van der Waals surface area contributed by atoms with Crippen molar-refractivity contribution in [2.45, 2.75) is 6.92 Å². The number of thiazole rings is 1. The molecule has 1 heterocycles. The Hall–Kier alpha value is -5.19. The number of nitrogens with zero attached hydrogens (tertiary/aromatic N) is 2. The van der Waals surface area contributed by atoms with Crippen LogP contribution in [0.15, 0.2) is 101 Å². The zero-order chi connectivity index (χ0) is 30.9. The summed E-state index contributed by atoms with van der Waals surface area (Å²) in [4.78, 5) is 29.9. The number of amides is 2. The van der Waals surface area contributed by atoms with E-state index in [1.54, 1.807) is 48.5 Å². The Morgan fingerprint density at radius 1 is 0.977 bits per heavy atom. The second kappa shape index (κ2) is 14.3. The van der Waals surface area contributed by atoms with Crippen LogP contribution in [0.4, 0.5) is 16.5 Å². The van der Waals surface area contributed by atoms with E-state index in [1.807, 2.05) is 54.8 Å². The number of hydrogen-bond donors (Lipinski definition) is 3. The van der Waals surface area contributed by atoms with E-state index in [-0.39, 0.29) is 12.5 Å². The fourth-order valence-electron chi connectivity index (χ4n) is 4.07. The second-order valence-corrected chi connectivity index (χ2v) is 10.8. The lowest BCUT2D eigenvalue weighted by atomic mass is 10.1. The van der Waals surface area contributed by atoms with Crippen LogP contribution in [0.2, 0.25) is 5.02 Å². The van der Waals surface area contributed by atoms with Crippen LogP contribution >= 0.6 is 22.9 Å². The minimum atomic E-state index is -0.395. The summed E-state index contributed by atoms with van der Waals surface area (Å²) in [7, 11) is 1.53. The van der Waals surface area contributed by atoms with Crippen molar-refractivity contribution in [2.75, 3.05) is 24.4 Å². The lowest BCUT2D eigenvalue weighted by molar-refractivity contribution is -0.118. The number of para-hydroxylation sites is 2. The number of rotatable bonds is 11. The molecule has 0 radical (unpaired) electrons. The quantitative estimate of drug-likeness (QED) is 0.105. The van der Waals surface area contributed by atoms with E-state index in [4.69, 9.17) is 21.1 Å². The molecule has 9 nitrogen and oxygen atoms in total. The standard InChI is InChI=1S/C33H28ClN5O4S/c1-21-7-14-26(15-8-21)36-33-38-28(20-44-33)22-9-11-23(12-10-22)32(41)39-35-18-24-17-25(34)13-16-29(24)43-19-31(40)37-27-5-3-4-6-30(27)42-2/h3-18,20H,19H2,1-2H3,(H,36,38)(H,37,40)(H,39,41)/b35-18+. The average Bonchev–Trinajstić information content (AvgIpc) is 3.50. The molecule has 5 aromatic rings. The Morgan fingerprint density at radius 3 is 2.52 bits per heavy atom. The molecule has 4 aromatic carbocycles. The fourth-order valence-corrected chi connectivity index (χ4v) is 4.99. The predicted molar refractivity (Wildman–Crippen MR) is 176 cm³/mol. The van der Waals surface area contributed by atoms with E-state index in [0.29, 0.717) is 33.3 Å². The lowest BCUT2D eigenvalue weighted by Crippen LogP contribution is -2.21. The van der Waals surface area contributed by atoms with Crippen molar-refractivity contribution in [1.82, 2.24) is 10.4 Å². The maximum Gasteiger partial charge on any atom is 0.271 e. The van der Waals surface area contributed by atoms with E-state index in [2.05, 4.69) is 26.1 Å². The Balaban J connectivity index is 1.17. The Kier molecular flexibility index (Phi) is 9.85. The summed E-state index contributed by atoms with van der Waals surface area (Å²) in [5.74, 6) is 0.134. The molecule has 11 heteroatoms. The van der Waals surface area contributed by atoms with E-state index in [9.17, 15) is 9.59 Å². The molecule has 1 aromatic heterocycles. The number of aromatic nitrogens is 1. The van der Waals surface area contributed by atoms with Gasteiger partial charge in [0.2, 0.25) is 0 Å². The van der Waals surface area contributed by atoms with Gasteiger partial charge in [0.25, 0.3) is 11.8 Å². The highest BCUT2D eigenvalue weighted by atomic mass is 35.5. The van der Waals surface area contributed by atoms with Gasteiger partial charge in [-0.1, -0.05) is 53.6 Å². The Labute approximate surface area is 263 Å². The molecule has 44 heavy (non-hydrogen) atoms. The lowest BCUT2D eigenvalue weighted by Gasteiger charge is -2.12. The van der Waals surface area contributed by atoms with E-state index < -0.39 is 5.91 Å². The Morgan fingerprint density at radius 2 is 1.75 bits per heavy atom. The van der Waals surface area contributed by atoms with Gasteiger partial charge in [-0.25, -0.2) is 10.4 Å². The third kappa shape index (κ3) is 8.00. The first-order valence-corrected chi connectivity index (χ1v) is 14.7. The van der Waals surface area contributed by atoms with Gasteiger partial charge in [-0.15, -0.1) is 11.3 Å². The van der Waals surface area contributed by atoms with Crippen LogP contribution in [0.3, 0.4) is 0 Å². The summed E-state index contributed by atoms with van der Waals surface area (Å²) in [5, 5.41) is 13.3. The third-order valence-corrected chi connectivity index (χ3v) is 7.32. The number of ether oxygens (including phenoxy) is 2. The normalized spacial score (nSPS) is 10.8. The molecule has 0 saturated carbocycles. The molecular weight excluding hydrogens is 598 g/mol. The van der Waals surface area contributed by atoms with Crippen LogP contribution in [0.25, 0.3) is 11.3 Å². The van der Waals surface area contributed by atoms with E-state index in [0.717, 1.165) is 22.1 Å². The third-order valence-electron chi connectivity index (χ3n) is 6.33. The molecule has 3 N–H and O–H groups in total. The zero-order valence-corrected chi connectivity index (χ0v) is 25.4. The largest absolute Gasteiger partial charge is 0.495 e. The summed E-state index contributed by atoms with van der Waals surface area (Å²) in [6, 6.07) is 27.1. The van der Waals surface area contributed by atoms with Crippen LogP contribution in [0.5, 0.6) is 11.5 Å². The minimum Gasteiger partial charge on any atom is -0.495 e. The maximum absolute atomic E-state index is 12.7. The van der Waals surface area contributed by atoms with Crippen LogP contribution in [-0.4, -0.2) is 36.7 Å². The smallest absolute Gasteiger partial charge is 0.271 e. The molecule has 0 fully saturated rings. The predicted octanol–water partition coefficient (Wildman–Crippen LogP) is 7.31. The number of halogens is 1. The molecule has 0 atom stereocenters. The summed E-state index contributed by atoms with van der Waals surface area (Å²) < 4.78 is 11.0. The number of carbonyl (C=O) groups is 2. The van der Waals surface area contributed by atoms with Crippen molar-refractivity contribution in [1.29, 1.82) is 0 Å². The summed E-state index contributed by atoms with van der Waals surface area (Å²) in [6.07, 6.45) is 1.41. The minimum absolute atomic E-state index is 0.262. The number of hydrogen-bond acceptors (Lipinski definition) is 8. The summed E-state index contributed by atoms with van der Waals surface area (Å²) in [6.45, 7) is 1.78. The van der Waals surface area contributed by atoms with E-state index in [1.165, 1.54) is 30.2 Å². The summed E-state index contributed by atoms with van der Waals surface area (Å²) in [5.41, 5.74) is 7.80. The number of carbonyl (C=O) groups excluding carboxylic acids is 2. The monoisotopic (exact) mass is 625 g/mol. The van der Waals surface area contributed by atoms with Gasteiger partial charge >= 0.3 is 0 Å². The zero-order valence-electron chi connectivity index (χ0n) is 23.8. The van der Waals surface area contributed by atoms with Gasteiger partial charge in [-0.3, -0.25) is 9.59 Å². The van der Waals surface area contributed by atoms with Crippen LogP contribution in [0.1, 0.15) is 21.5 Å². The molecule has 0 aliphatic heterocycles. The molecule has 0 unspecified atom stereocenters. The van der Waals surface area contributed by atoms with Crippen LogP contribution < -0.4 is 25.5 Å². The number of hydrazone groups is 1. The molecular formula is C33H28ClN5O4S. The molecule has 0 saturated heterocycles. The van der Waals surface area contributed by atoms with E-state index >= 15 is 0 Å². The van der Waals surface area contributed by atoms with Gasteiger partial charge in [-0.2, -0.15) is 5.10 Å². The number of anilines is 3. The van der Waals surface area contributed by atoms with Gasteiger partial charge in [0.1, 0.15) is 11.5 Å². The van der Waals surface area contributed by atoms with Crippen molar-refractivity contribution in [3.05, 3.63) is 118 Å². The number of aryl methyl sites for hydroxylation is 1. The first kappa shape index (κ1) is 30.3. The molecule has 222 valence electrons. The van der Waals surface area contributed by atoms with Gasteiger partial charge in [0.15, 0.2) is 11.7 Å². The van der Waals surface area contributed by atoms with Crippen molar-refractivity contribution in [2.24, 2.45) is 5.10 Å². The Bertz CT molecular complexity index is 1790. The van der Waals surface area contributed by atoms with Crippen LogP contribution in [0, 0.1) is 6.92 Å². The van der Waals surface area contributed by atoms with Gasteiger partial charge in [-0.05, 0) is 61.5 Å². The number of nitrogens with one attached hydrogen (secondary N) is 3. The molecule has 2 amide bonds. The highest BCUT2D eigenvalue weighted by Crippen LogP contribution is 2.28. The molecule has 0 aliphatic carbocycles. The highest BCUT2D eigenvalue weighted by molar-refractivity contribution is 7.14. The molecule has 0 spiro atoms. The van der Waals surface area contributed by atoms with Crippen molar-refractivity contribution in [3.63, 3.8) is 0 Å².